The van der Waals surface area contributed by atoms with E-state index in [9.17, 15) is 56.2 Å². The largest absolute Gasteiger partial charge is 0.394 e. The average Bonchev–Trinajstić information content (AvgIpc) is 3.63. The maximum atomic E-state index is 11.6. The van der Waals surface area contributed by atoms with Crippen LogP contribution in [0.3, 0.4) is 0 Å². The lowest BCUT2D eigenvalue weighted by Gasteiger charge is -2.70. The van der Waals surface area contributed by atoms with Crippen molar-refractivity contribution in [3.05, 3.63) is 11.6 Å². The third-order valence-electron chi connectivity index (χ3n) is 18.8. The van der Waals surface area contributed by atoms with E-state index >= 15 is 0 Å². The Morgan fingerprint density at radius 1 is 0.585 bits per heavy atom. The standard InChI is InChI=1S/C48H82O17/c1-23(2)10-9-16-48(8,65-43-40(37(57)34(54)28(22-51)62-43)64-42-39(59)36(56)33(53)27(21-50)61-42)25-13-18-46(6)24(25)11-12-30-45(5)17-15-31(44(3,4)29(45)14-19-47(30,46)7)63-41-38(58)35(55)32(52)26(20-49)60-41/h10,24-43,49-59H,9,11-22H2,1-8H3/t24-,25+,26-,27-,28-,29+,30-,31+,32-,33-,34-,35+,36+,37+,38-,39-,40-,41+,42+,43+,45+,46-,47-,48+/m1/s1. The first-order valence-electron chi connectivity index (χ1n) is 24.3. The van der Waals surface area contributed by atoms with E-state index in [0.29, 0.717) is 25.2 Å². The van der Waals surface area contributed by atoms with Crippen LogP contribution in [0.5, 0.6) is 0 Å². The van der Waals surface area contributed by atoms with Crippen molar-refractivity contribution in [1.82, 2.24) is 0 Å². The van der Waals surface area contributed by atoms with Crippen LogP contribution < -0.4 is 0 Å². The average molecular weight is 931 g/mol. The predicted molar refractivity (Wildman–Crippen MR) is 232 cm³/mol. The Labute approximate surface area is 384 Å². The van der Waals surface area contributed by atoms with Crippen LogP contribution in [0, 0.1) is 45.3 Å². The van der Waals surface area contributed by atoms with Gasteiger partial charge in [0, 0.05) is 0 Å². The summed E-state index contributed by atoms with van der Waals surface area (Å²) in [5.74, 6) is 0.918. The van der Waals surface area contributed by atoms with E-state index < -0.39 is 118 Å². The summed E-state index contributed by atoms with van der Waals surface area (Å²) in [5.41, 5.74) is -0.247. The first kappa shape index (κ1) is 51.9. The van der Waals surface area contributed by atoms with Crippen LogP contribution in [0.4, 0.5) is 0 Å². The van der Waals surface area contributed by atoms with Crippen LogP contribution in [0.1, 0.15) is 120 Å². The molecule has 7 fully saturated rings. The number of rotatable bonds is 13. The Bertz CT molecular complexity index is 1640. The lowest BCUT2D eigenvalue weighted by molar-refractivity contribution is -0.381. The van der Waals surface area contributed by atoms with Gasteiger partial charge in [0.1, 0.15) is 73.2 Å². The molecule has 3 saturated heterocycles. The zero-order chi connectivity index (χ0) is 47.8. The number of ether oxygens (including phenoxy) is 6. The van der Waals surface area contributed by atoms with Crippen molar-refractivity contribution in [1.29, 1.82) is 0 Å². The molecule has 7 rings (SSSR count). The van der Waals surface area contributed by atoms with Gasteiger partial charge in [-0.15, -0.1) is 0 Å². The second kappa shape index (κ2) is 19.3. The highest BCUT2D eigenvalue weighted by atomic mass is 16.8. The highest BCUT2D eigenvalue weighted by molar-refractivity contribution is 5.19. The summed E-state index contributed by atoms with van der Waals surface area (Å²) in [6, 6.07) is 0. The monoisotopic (exact) mass is 931 g/mol. The molecule has 0 aromatic heterocycles. The molecule has 0 bridgehead atoms. The third kappa shape index (κ3) is 8.84. The fourth-order valence-corrected chi connectivity index (χ4v) is 14.9. The molecule has 0 amide bonds. The molecule has 24 atom stereocenters. The van der Waals surface area contributed by atoms with Gasteiger partial charge in [0.15, 0.2) is 18.9 Å². The second-order valence-corrected chi connectivity index (χ2v) is 22.8. The SMILES string of the molecule is CC(C)=CCC[C@](C)(O[C@@H]1O[C@H](CO)[C@@H](O)[C@H](O)[C@H]1O[C@@H]1O[C@H](CO)[C@@H](O)[C@H](O)[C@H]1O)[C@H]1CC[C@]2(C)[C@@H]1CC[C@@H]1[C@@]3(C)CC[C@H](O[C@@H]4O[C@H](CO)[C@@H](O)[C@H](O)[C@H]4O)C(C)(C)[C@@H]3CC[C@]12C. The van der Waals surface area contributed by atoms with E-state index in [4.69, 9.17) is 28.4 Å². The Kier molecular flexibility index (Phi) is 15.4. The van der Waals surface area contributed by atoms with E-state index in [1.54, 1.807) is 0 Å². The van der Waals surface area contributed by atoms with Crippen molar-refractivity contribution in [2.45, 2.75) is 223 Å². The molecule has 11 N–H and O–H groups in total. The third-order valence-corrected chi connectivity index (χ3v) is 18.8. The van der Waals surface area contributed by atoms with Crippen molar-refractivity contribution in [2.75, 3.05) is 19.8 Å². The molecule has 0 radical (unpaired) electrons. The minimum atomic E-state index is -1.78. The summed E-state index contributed by atoms with van der Waals surface area (Å²) in [4.78, 5) is 0. The van der Waals surface area contributed by atoms with Gasteiger partial charge in [-0.2, -0.15) is 0 Å². The highest BCUT2D eigenvalue weighted by Crippen LogP contribution is 2.76. The lowest BCUT2D eigenvalue weighted by atomic mass is 9.35. The van der Waals surface area contributed by atoms with Crippen molar-refractivity contribution in [2.24, 2.45) is 45.3 Å². The summed E-state index contributed by atoms with van der Waals surface area (Å²) in [5, 5.41) is 116. The molecule has 0 aromatic carbocycles. The molecule has 3 heterocycles. The summed E-state index contributed by atoms with van der Waals surface area (Å²) in [7, 11) is 0. The quantitative estimate of drug-likeness (QED) is 0.0908. The second-order valence-electron chi connectivity index (χ2n) is 22.8. The molecular weight excluding hydrogens is 849 g/mol. The predicted octanol–water partition coefficient (Wildman–Crippen LogP) is 1.00. The zero-order valence-electron chi connectivity index (χ0n) is 39.7. The zero-order valence-corrected chi connectivity index (χ0v) is 39.7. The van der Waals surface area contributed by atoms with Crippen LogP contribution in [0.15, 0.2) is 11.6 Å². The number of aliphatic hydroxyl groups excluding tert-OH is 11. The fraction of sp³-hybridized carbons (Fsp3) is 0.958. The molecule has 0 unspecified atom stereocenters. The van der Waals surface area contributed by atoms with Gasteiger partial charge in [0.05, 0.1) is 31.5 Å². The topological polar surface area (TPSA) is 278 Å². The van der Waals surface area contributed by atoms with Crippen molar-refractivity contribution in [3.63, 3.8) is 0 Å². The number of fused-ring (bicyclic) bond motifs is 5. The Balaban J connectivity index is 1.14. The van der Waals surface area contributed by atoms with Gasteiger partial charge in [0.2, 0.25) is 0 Å². The first-order valence-corrected chi connectivity index (χ1v) is 24.3. The fourth-order valence-electron chi connectivity index (χ4n) is 14.9. The molecule has 65 heavy (non-hydrogen) atoms. The van der Waals surface area contributed by atoms with Gasteiger partial charge >= 0.3 is 0 Å². The number of allylic oxidation sites excluding steroid dienone is 2. The normalized spacial score (nSPS) is 51.9. The molecule has 7 aliphatic rings. The molecule has 4 aliphatic carbocycles. The lowest BCUT2D eigenvalue weighted by Crippen LogP contribution is -2.66. The number of aliphatic hydroxyl groups is 11. The smallest absolute Gasteiger partial charge is 0.187 e. The number of hydrogen-bond acceptors (Lipinski definition) is 17. The molecule has 17 heteroatoms. The summed E-state index contributed by atoms with van der Waals surface area (Å²) < 4.78 is 37.5. The molecule has 0 spiro atoms. The van der Waals surface area contributed by atoms with E-state index in [0.717, 1.165) is 50.5 Å². The van der Waals surface area contributed by atoms with Crippen molar-refractivity contribution >= 4 is 0 Å². The summed E-state index contributed by atoms with van der Waals surface area (Å²) in [6.07, 6.45) is -11.7. The maximum Gasteiger partial charge on any atom is 0.187 e. The van der Waals surface area contributed by atoms with Crippen LogP contribution in [-0.2, 0) is 28.4 Å². The van der Waals surface area contributed by atoms with Gasteiger partial charge in [-0.05, 0) is 130 Å². The molecule has 17 nitrogen and oxygen atoms in total. The first-order chi connectivity index (χ1) is 30.4. The summed E-state index contributed by atoms with van der Waals surface area (Å²) >= 11 is 0. The van der Waals surface area contributed by atoms with Crippen LogP contribution in [-0.4, -0.2) is 180 Å². The molecule has 3 aliphatic heterocycles. The maximum absolute atomic E-state index is 11.6. The molecule has 4 saturated carbocycles. The van der Waals surface area contributed by atoms with Gasteiger partial charge < -0.3 is 84.6 Å². The Hall–Kier alpha value is -0.940. The molecule has 376 valence electrons. The Morgan fingerprint density at radius 3 is 1.66 bits per heavy atom. The van der Waals surface area contributed by atoms with E-state index in [1.165, 1.54) is 0 Å². The minimum Gasteiger partial charge on any atom is -0.394 e. The van der Waals surface area contributed by atoms with Crippen molar-refractivity contribution in [3.8, 4) is 0 Å². The van der Waals surface area contributed by atoms with Gasteiger partial charge in [-0.3, -0.25) is 0 Å². The molecular formula is C48H82O17. The highest BCUT2D eigenvalue weighted by Gasteiger charge is 2.70. The summed E-state index contributed by atoms with van der Waals surface area (Å²) in [6.45, 7) is 16.2. The van der Waals surface area contributed by atoms with Gasteiger partial charge in [0.25, 0.3) is 0 Å². The molecule has 0 aromatic rings. The van der Waals surface area contributed by atoms with E-state index in [1.807, 2.05) is 13.8 Å². The van der Waals surface area contributed by atoms with Crippen LogP contribution in [0.25, 0.3) is 0 Å². The van der Waals surface area contributed by atoms with Crippen molar-refractivity contribution < 1.29 is 84.6 Å². The van der Waals surface area contributed by atoms with Crippen LogP contribution in [0.2, 0.25) is 0 Å². The van der Waals surface area contributed by atoms with E-state index in [2.05, 4.69) is 47.6 Å². The van der Waals surface area contributed by atoms with Crippen LogP contribution >= 0.6 is 0 Å². The van der Waals surface area contributed by atoms with E-state index in [-0.39, 0.29) is 45.5 Å². The van der Waals surface area contributed by atoms with Gasteiger partial charge in [-0.25, -0.2) is 0 Å². The number of hydrogen-bond donors (Lipinski definition) is 11. The Morgan fingerprint density at radius 2 is 1.11 bits per heavy atom. The minimum absolute atomic E-state index is 0.0218. The van der Waals surface area contributed by atoms with Gasteiger partial charge in [-0.1, -0.05) is 46.3 Å².